The number of aryl methyl sites for hydroxylation is 1. The van der Waals surface area contributed by atoms with E-state index in [1.165, 1.54) is 5.56 Å². The Labute approximate surface area is 117 Å². The van der Waals surface area contributed by atoms with Crippen LogP contribution in [0.2, 0.25) is 0 Å². The molecule has 0 spiro atoms. The number of nitrogens with two attached hydrogens (primary N) is 1. The highest BCUT2D eigenvalue weighted by Crippen LogP contribution is 2.35. The Morgan fingerprint density at radius 1 is 1.10 bits per heavy atom. The molecule has 100 valence electrons. The molecule has 0 aliphatic heterocycles. The number of H-pyrrole nitrogens is 1. The zero-order valence-electron chi connectivity index (χ0n) is 11.3. The summed E-state index contributed by atoms with van der Waals surface area (Å²) in [6, 6.07) is 12.2. The van der Waals surface area contributed by atoms with E-state index in [1.54, 1.807) is 12.4 Å². The molecule has 3 N–H and O–H groups in total. The van der Waals surface area contributed by atoms with Crippen molar-refractivity contribution in [3.05, 3.63) is 54.4 Å². The molecule has 0 radical (unpaired) electrons. The highest BCUT2D eigenvalue weighted by Gasteiger charge is 2.16. The Morgan fingerprint density at radius 3 is 2.60 bits per heavy atom. The first-order valence-corrected chi connectivity index (χ1v) is 6.63. The molecule has 2 heterocycles. The Balaban J connectivity index is 2.22. The van der Waals surface area contributed by atoms with Crippen LogP contribution in [0.1, 0.15) is 12.5 Å². The summed E-state index contributed by atoms with van der Waals surface area (Å²) >= 11 is 0. The van der Waals surface area contributed by atoms with E-state index < -0.39 is 0 Å². The molecule has 0 bridgehead atoms. The van der Waals surface area contributed by atoms with Gasteiger partial charge in [0.1, 0.15) is 0 Å². The van der Waals surface area contributed by atoms with E-state index in [0.717, 1.165) is 28.8 Å². The van der Waals surface area contributed by atoms with Crippen LogP contribution in [0, 0.1) is 0 Å². The van der Waals surface area contributed by atoms with Crippen molar-refractivity contribution in [3.63, 3.8) is 0 Å². The molecule has 20 heavy (non-hydrogen) atoms. The van der Waals surface area contributed by atoms with Crippen LogP contribution in [0.15, 0.2) is 48.8 Å². The molecule has 1 aromatic carbocycles. The number of nitrogens with one attached hydrogen (secondary N) is 1. The lowest BCUT2D eigenvalue weighted by molar-refractivity contribution is 1.09. The van der Waals surface area contributed by atoms with E-state index in [-0.39, 0.29) is 0 Å². The molecule has 0 unspecified atom stereocenters. The van der Waals surface area contributed by atoms with Crippen LogP contribution < -0.4 is 5.73 Å². The molecular weight excluding hydrogens is 248 g/mol. The van der Waals surface area contributed by atoms with Crippen LogP contribution in [-0.4, -0.2) is 15.2 Å². The fourth-order valence-electron chi connectivity index (χ4n) is 2.43. The molecule has 0 amide bonds. The van der Waals surface area contributed by atoms with Gasteiger partial charge in [0.2, 0.25) is 0 Å². The second-order valence-electron chi connectivity index (χ2n) is 4.61. The second kappa shape index (κ2) is 5.17. The van der Waals surface area contributed by atoms with Crippen LogP contribution >= 0.6 is 0 Å². The summed E-state index contributed by atoms with van der Waals surface area (Å²) in [7, 11) is 0. The monoisotopic (exact) mass is 264 g/mol. The average Bonchev–Trinajstić information content (AvgIpc) is 2.89. The predicted molar refractivity (Wildman–Crippen MR) is 81.0 cm³/mol. The standard InChI is InChI=1S/C16H16N4/c1-2-11-5-3-4-6-13(11)15-14(16(17)20-19-15)12-7-9-18-10-8-12/h3-10H,2H2,1H3,(H3,17,19,20). The van der Waals surface area contributed by atoms with E-state index in [2.05, 4.69) is 34.2 Å². The minimum Gasteiger partial charge on any atom is -0.382 e. The summed E-state index contributed by atoms with van der Waals surface area (Å²) in [5.74, 6) is 0.511. The minimum atomic E-state index is 0.511. The number of aromatic amines is 1. The van der Waals surface area contributed by atoms with Gasteiger partial charge in [-0.05, 0) is 29.7 Å². The Bertz CT molecular complexity index is 716. The maximum absolute atomic E-state index is 6.04. The van der Waals surface area contributed by atoms with Crippen molar-refractivity contribution in [1.29, 1.82) is 0 Å². The van der Waals surface area contributed by atoms with Gasteiger partial charge in [0.15, 0.2) is 5.82 Å². The van der Waals surface area contributed by atoms with Crippen LogP contribution in [0.3, 0.4) is 0 Å². The number of hydrogen-bond donors (Lipinski definition) is 2. The van der Waals surface area contributed by atoms with E-state index >= 15 is 0 Å². The van der Waals surface area contributed by atoms with Gasteiger partial charge in [0.25, 0.3) is 0 Å². The van der Waals surface area contributed by atoms with Crippen molar-refractivity contribution in [2.45, 2.75) is 13.3 Å². The first-order chi connectivity index (χ1) is 9.81. The smallest absolute Gasteiger partial charge is 0.153 e. The largest absolute Gasteiger partial charge is 0.382 e. The van der Waals surface area contributed by atoms with E-state index in [1.807, 2.05) is 24.3 Å². The fourth-order valence-corrected chi connectivity index (χ4v) is 2.43. The molecule has 3 aromatic rings. The Hall–Kier alpha value is -2.62. The van der Waals surface area contributed by atoms with Crippen molar-refractivity contribution in [2.75, 3.05) is 5.73 Å². The molecular formula is C16H16N4. The van der Waals surface area contributed by atoms with Gasteiger partial charge in [0, 0.05) is 18.0 Å². The maximum Gasteiger partial charge on any atom is 0.153 e. The topological polar surface area (TPSA) is 67.6 Å². The second-order valence-corrected chi connectivity index (χ2v) is 4.61. The average molecular weight is 264 g/mol. The van der Waals surface area contributed by atoms with E-state index in [9.17, 15) is 0 Å². The highest BCUT2D eigenvalue weighted by atomic mass is 15.2. The molecule has 0 fully saturated rings. The van der Waals surface area contributed by atoms with Gasteiger partial charge in [-0.1, -0.05) is 31.2 Å². The van der Waals surface area contributed by atoms with Crippen molar-refractivity contribution < 1.29 is 0 Å². The zero-order chi connectivity index (χ0) is 13.9. The third kappa shape index (κ3) is 2.05. The number of anilines is 1. The number of aromatic nitrogens is 3. The van der Waals surface area contributed by atoms with E-state index in [0.29, 0.717) is 5.82 Å². The zero-order valence-corrected chi connectivity index (χ0v) is 11.3. The van der Waals surface area contributed by atoms with Crippen LogP contribution in [0.4, 0.5) is 5.82 Å². The number of nitrogens with zero attached hydrogens (tertiary/aromatic N) is 2. The first-order valence-electron chi connectivity index (χ1n) is 6.63. The number of benzene rings is 1. The van der Waals surface area contributed by atoms with Gasteiger partial charge < -0.3 is 5.73 Å². The first kappa shape index (κ1) is 12.4. The van der Waals surface area contributed by atoms with Crippen LogP contribution in [0.25, 0.3) is 22.4 Å². The maximum atomic E-state index is 6.04. The van der Waals surface area contributed by atoms with Crippen LogP contribution in [-0.2, 0) is 6.42 Å². The summed E-state index contributed by atoms with van der Waals surface area (Å²) in [6.07, 6.45) is 4.49. The normalized spacial score (nSPS) is 10.7. The number of nitrogen functional groups attached to an aromatic ring is 1. The predicted octanol–water partition coefficient (Wildman–Crippen LogP) is 3.28. The lowest BCUT2D eigenvalue weighted by Gasteiger charge is -2.08. The summed E-state index contributed by atoms with van der Waals surface area (Å²) < 4.78 is 0. The lowest BCUT2D eigenvalue weighted by Crippen LogP contribution is -1.91. The molecule has 2 aromatic heterocycles. The molecule has 0 aliphatic rings. The van der Waals surface area contributed by atoms with Crippen molar-refractivity contribution in [1.82, 2.24) is 15.2 Å². The SMILES string of the molecule is CCc1ccccc1-c1[nH]nc(N)c1-c1ccncc1. The quantitative estimate of drug-likeness (QED) is 0.762. The summed E-state index contributed by atoms with van der Waals surface area (Å²) in [6.45, 7) is 2.14. The van der Waals surface area contributed by atoms with Gasteiger partial charge in [-0.3, -0.25) is 10.1 Å². The van der Waals surface area contributed by atoms with Gasteiger partial charge in [0.05, 0.1) is 11.3 Å². The molecule has 0 saturated heterocycles. The minimum absolute atomic E-state index is 0.511. The van der Waals surface area contributed by atoms with Gasteiger partial charge in [-0.15, -0.1) is 0 Å². The lowest BCUT2D eigenvalue weighted by atomic mass is 9.97. The Kier molecular flexibility index (Phi) is 3.21. The number of hydrogen-bond acceptors (Lipinski definition) is 3. The highest BCUT2D eigenvalue weighted by molar-refractivity contribution is 5.88. The van der Waals surface area contributed by atoms with Gasteiger partial charge >= 0.3 is 0 Å². The van der Waals surface area contributed by atoms with Gasteiger partial charge in [-0.2, -0.15) is 5.10 Å². The summed E-state index contributed by atoms with van der Waals surface area (Å²) in [4.78, 5) is 4.05. The molecule has 4 heteroatoms. The fraction of sp³-hybridized carbons (Fsp3) is 0.125. The third-order valence-corrected chi connectivity index (χ3v) is 3.43. The summed E-state index contributed by atoms with van der Waals surface area (Å²) in [5.41, 5.74) is 11.4. The molecule has 0 atom stereocenters. The van der Waals surface area contributed by atoms with Crippen molar-refractivity contribution in [3.8, 4) is 22.4 Å². The van der Waals surface area contributed by atoms with Crippen LogP contribution in [0.5, 0.6) is 0 Å². The van der Waals surface area contributed by atoms with Gasteiger partial charge in [-0.25, -0.2) is 0 Å². The molecule has 0 saturated carbocycles. The molecule has 0 aliphatic carbocycles. The summed E-state index contributed by atoms with van der Waals surface area (Å²) in [5, 5.41) is 7.25. The Morgan fingerprint density at radius 2 is 1.85 bits per heavy atom. The third-order valence-electron chi connectivity index (χ3n) is 3.43. The number of rotatable bonds is 3. The molecule has 3 rings (SSSR count). The van der Waals surface area contributed by atoms with E-state index in [4.69, 9.17) is 5.73 Å². The van der Waals surface area contributed by atoms with Crippen molar-refractivity contribution >= 4 is 5.82 Å². The van der Waals surface area contributed by atoms with Crippen molar-refractivity contribution in [2.24, 2.45) is 0 Å². The molecule has 4 nitrogen and oxygen atoms in total. The number of pyridine rings is 1.